The van der Waals surface area contributed by atoms with E-state index in [2.05, 4.69) is 114 Å². The maximum absolute atomic E-state index is 3.58. The van der Waals surface area contributed by atoms with E-state index in [4.69, 9.17) is 0 Å². The van der Waals surface area contributed by atoms with E-state index in [0.29, 0.717) is 7.25 Å². The molecule has 0 N–H and O–H groups in total. The Morgan fingerprint density at radius 1 is 0.656 bits per heavy atom. The SMILES string of the molecule is Cc1cc2c(n1C)[CH]([Zr]([CH3])([CH3])(=[SiH2])[CH]1c3ccccc3-c3cc(C)n(C)c31)c1ccccc1-2. The maximum atomic E-state index is 2.73. The molecule has 2 unspecified atom stereocenters. The summed E-state index contributed by atoms with van der Waals surface area (Å²) in [5.74, 6) is 0. The van der Waals surface area contributed by atoms with Gasteiger partial charge in [0.25, 0.3) is 0 Å². The summed E-state index contributed by atoms with van der Waals surface area (Å²) in [7, 11) is 4.56. The zero-order chi connectivity index (χ0) is 22.6. The molecule has 0 fully saturated rings. The molecule has 0 saturated carbocycles. The van der Waals surface area contributed by atoms with Gasteiger partial charge in [-0.1, -0.05) is 0 Å². The van der Waals surface area contributed by atoms with E-state index in [0.717, 1.165) is 0 Å². The van der Waals surface area contributed by atoms with Gasteiger partial charge in [0.1, 0.15) is 0 Å². The number of hydrogen-bond donors (Lipinski definition) is 0. The molecule has 2 aromatic heterocycles. The van der Waals surface area contributed by atoms with Gasteiger partial charge in [-0.15, -0.1) is 0 Å². The fourth-order valence-corrected chi connectivity index (χ4v) is 25.1. The van der Waals surface area contributed by atoms with Crippen LogP contribution in [0.1, 0.15) is 41.2 Å². The summed E-state index contributed by atoms with van der Waals surface area (Å²) in [4.78, 5) is 0. The van der Waals surface area contributed by atoms with Gasteiger partial charge in [-0.3, -0.25) is 0 Å². The fraction of sp³-hybridized carbons (Fsp3) is 0.286. The van der Waals surface area contributed by atoms with Crippen molar-refractivity contribution in [3.05, 3.63) is 94.6 Å². The van der Waals surface area contributed by atoms with Crippen LogP contribution in [0.5, 0.6) is 0 Å². The number of fused-ring (bicyclic) bond motifs is 6. The van der Waals surface area contributed by atoms with E-state index < -0.39 is 17.4 Å². The van der Waals surface area contributed by atoms with Crippen molar-refractivity contribution in [1.82, 2.24) is 9.13 Å². The molecule has 0 bridgehead atoms. The molecule has 2 aliphatic rings. The van der Waals surface area contributed by atoms with Crippen molar-refractivity contribution in [3.63, 3.8) is 0 Å². The molecule has 4 heteroatoms. The van der Waals surface area contributed by atoms with Crippen LogP contribution in [-0.2, 0) is 31.5 Å². The topological polar surface area (TPSA) is 9.86 Å². The summed E-state index contributed by atoms with van der Waals surface area (Å²) in [6, 6.07) is 23.3. The number of benzene rings is 2. The Bertz CT molecular complexity index is 1400. The van der Waals surface area contributed by atoms with Crippen LogP contribution in [0.2, 0.25) is 9.26 Å². The Morgan fingerprint density at radius 3 is 1.44 bits per heavy atom. The standard InChI is InChI=1S/2C13H12N.2CH3.H2Si.Zr/c2*1-9-7-12-11-6-4-3-5-10(11)8-13(12)14(9)2;;;;/h2*3-8H,1-2H3;2*1H3;1H2;. The normalized spacial score (nSPS) is 19.0. The van der Waals surface area contributed by atoms with Crippen molar-refractivity contribution in [2.24, 2.45) is 14.1 Å². The second-order valence-corrected chi connectivity index (χ2v) is 41.7. The molecule has 0 amide bonds. The summed E-state index contributed by atoms with van der Waals surface area (Å²) in [5, 5.41) is 0. The molecule has 162 valence electrons. The van der Waals surface area contributed by atoms with E-state index in [9.17, 15) is 0 Å². The van der Waals surface area contributed by atoms with Crippen molar-refractivity contribution in [3.8, 4) is 22.3 Å². The molecular weight excluding hydrogens is 484 g/mol. The predicted molar refractivity (Wildman–Crippen MR) is 135 cm³/mol. The Labute approximate surface area is 193 Å². The molecule has 2 nitrogen and oxygen atoms in total. The molecule has 2 atom stereocenters. The van der Waals surface area contributed by atoms with Crippen LogP contribution in [0.3, 0.4) is 0 Å². The van der Waals surface area contributed by atoms with Gasteiger partial charge in [0, 0.05) is 0 Å². The van der Waals surface area contributed by atoms with Crippen molar-refractivity contribution in [2.45, 2.75) is 30.4 Å². The third-order valence-electron chi connectivity index (χ3n) is 8.61. The van der Waals surface area contributed by atoms with E-state index in [1.807, 2.05) is 0 Å². The molecule has 2 heterocycles. The predicted octanol–water partition coefficient (Wildman–Crippen LogP) is 6.15. The summed E-state index contributed by atoms with van der Waals surface area (Å²) in [6.45, 7) is 6.95. The number of aromatic nitrogens is 2. The monoisotopic (exact) mass is 514 g/mol. The number of hydrogen-bond acceptors (Lipinski definition) is 0. The summed E-state index contributed by atoms with van der Waals surface area (Å²) in [5.41, 5.74) is 14.8. The first-order valence-corrected chi connectivity index (χ1v) is 25.4. The molecular formula is C28H32N2SiZr. The van der Waals surface area contributed by atoms with E-state index in [1.165, 1.54) is 33.6 Å². The molecule has 2 aromatic carbocycles. The number of rotatable bonds is 2. The van der Waals surface area contributed by atoms with Crippen molar-refractivity contribution in [2.75, 3.05) is 0 Å². The zero-order valence-corrected chi connectivity index (χ0v) is 23.9. The van der Waals surface area contributed by atoms with Gasteiger partial charge in [0.05, 0.1) is 0 Å². The van der Waals surface area contributed by atoms with Gasteiger partial charge in [0.2, 0.25) is 0 Å². The average Bonchev–Trinajstić information content (AvgIpc) is 3.43. The molecule has 4 aromatic rings. The Hall–Kier alpha value is -1.90. The molecule has 32 heavy (non-hydrogen) atoms. The minimum absolute atomic E-state index is 0.513. The van der Waals surface area contributed by atoms with Gasteiger partial charge in [-0.05, 0) is 0 Å². The van der Waals surface area contributed by atoms with E-state index >= 15 is 0 Å². The van der Waals surface area contributed by atoms with Gasteiger partial charge < -0.3 is 0 Å². The van der Waals surface area contributed by atoms with Gasteiger partial charge in [-0.2, -0.15) is 0 Å². The molecule has 0 spiro atoms. The summed E-state index contributed by atoms with van der Waals surface area (Å²) in [6.07, 6.45) is 0. The Balaban J connectivity index is 1.70. The van der Waals surface area contributed by atoms with Crippen LogP contribution in [0, 0.1) is 13.8 Å². The Kier molecular flexibility index (Phi) is 4.11. The quantitative estimate of drug-likeness (QED) is 0.283. The minimum atomic E-state index is -3.58. The first-order chi connectivity index (χ1) is 15.1. The van der Waals surface area contributed by atoms with E-state index in [1.54, 1.807) is 22.5 Å². The van der Waals surface area contributed by atoms with Crippen LogP contribution >= 0.6 is 0 Å². The average molecular weight is 516 g/mol. The molecule has 6 rings (SSSR count). The second kappa shape index (κ2) is 6.36. The first kappa shape index (κ1) is 20.7. The van der Waals surface area contributed by atoms with Crippen molar-refractivity contribution in [1.29, 1.82) is 0 Å². The van der Waals surface area contributed by atoms with Gasteiger partial charge in [0.15, 0.2) is 0 Å². The molecule has 0 radical (unpaired) electrons. The molecule has 0 aliphatic heterocycles. The van der Waals surface area contributed by atoms with Crippen LogP contribution in [-0.4, -0.2) is 16.0 Å². The first-order valence-electron chi connectivity index (χ1n) is 11.7. The van der Waals surface area contributed by atoms with Gasteiger partial charge >= 0.3 is 195 Å². The van der Waals surface area contributed by atoms with Gasteiger partial charge in [-0.25, -0.2) is 0 Å². The van der Waals surface area contributed by atoms with Crippen LogP contribution in [0.25, 0.3) is 22.3 Å². The van der Waals surface area contributed by atoms with Crippen molar-refractivity contribution < 1.29 is 17.4 Å². The van der Waals surface area contributed by atoms with Crippen LogP contribution in [0.4, 0.5) is 0 Å². The second-order valence-electron chi connectivity index (χ2n) is 11.3. The van der Waals surface area contributed by atoms with Crippen molar-refractivity contribution >= 4 is 6.88 Å². The van der Waals surface area contributed by atoms with Crippen LogP contribution in [0.15, 0.2) is 60.7 Å². The van der Waals surface area contributed by atoms with E-state index in [-0.39, 0.29) is 0 Å². The third-order valence-corrected chi connectivity index (χ3v) is 25.6. The summed E-state index contributed by atoms with van der Waals surface area (Å²) < 4.78 is 11.5. The number of nitrogens with zero attached hydrogens (tertiary/aromatic N) is 2. The molecule has 2 aliphatic carbocycles. The molecule has 0 saturated heterocycles. The number of aryl methyl sites for hydroxylation is 2. The summed E-state index contributed by atoms with van der Waals surface area (Å²) >= 11 is -3.58. The third kappa shape index (κ3) is 2.43. The van der Waals surface area contributed by atoms with Crippen LogP contribution < -0.4 is 0 Å². The zero-order valence-electron chi connectivity index (χ0n) is 20.0. The Morgan fingerprint density at radius 2 is 1.03 bits per heavy atom. The fourth-order valence-electron chi connectivity index (χ4n) is 7.00.